The molecule has 3 nitrogen and oxygen atoms in total. The lowest BCUT2D eigenvalue weighted by molar-refractivity contribution is 0.430. The van der Waals surface area contributed by atoms with Crippen LogP contribution < -0.4 is 0 Å². The third-order valence-corrected chi connectivity index (χ3v) is 2.27. The largest absolute Gasteiger partial charge is 0.355 e. The quantitative estimate of drug-likeness (QED) is 0.707. The second kappa shape index (κ2) is 3.58. The summed E-state index contributed by atoms with van der Waals surface area (Å²) in [6.45, 7) is 4.05. The van der Waals surface area contributed by atoms with Crippen LogP contribution in [0.4, 0.5) is 0 Å². The fourth-order valence-corrected chi connectivity index (χ4v) is 1.54. The van der Waals surface area contributed by atoms with Gasteiger partial charge in [-0.25, -0.2) is 0 Å². The van der Waals surface area contributed by atoms with E-state index in [4.69, 9.17) is 9.78 Å². The first-order valence-electron chi connectivity index (χ1n) is 4.65. The summed E-state index contributed by atoms with van der Waals surface area (Å²) < 4.78 is 5.09. The molecule has 1 aromatic carbocycles. The van der Waals surface area contributed by atoms with Crippen molar-refractivity contribution in [1.29, 1.82) is 5.26 Å². The van der Waals surface area contributed by atoms with Crippen LogP contribution >= 0.6 is 0 Å². The topological polar surface area (TPSA) is 49.8 Å². The van der Waals surface area contributed by atoms with E-state index < -0.39 is 0 Å². The van der Waals surface area contributed by atoms with Crippen molar-refractivity contribution in [2.75, 3.05) is 0 Å². The zero-order valence-electron chi connectivity index (χ0n) is 8.61. The molecule has 15 heavy (non-hydrogen) atoms. The van der Waals surface area contributed by atoms with E-state index in [1.807, 2.05) is 32.0 Å². The maximum Gasteiger partial charge on any atom is 0.184 e. The molecule has 1 heterocycles. The standard InChI is InChI=1S/C12H10N2O/c1-8-3-4-11(9(2)5-8)12-6-10(7-13)14-15-12/h3-6H,1-2H3. The van der Waals surface area contributed by atoms with Gasteiger partial charge in [-0.15, -0.1) is 0 Å². The van der Waals surface area contributed by atoms with E-state index in [-0.39, 0.29) is 0 Å². The zero-order valence-corrected chi connectivity index (χ0v) is 8.61. The molecule has 0 saturated carbocycles. The Bertz CT molecular complexity index is 535. The number of nitrogens with zero attached hydrogens (tertiary/aromatic N) is 2. The van der Waals surface area contributed by atoms with Crippen LogP contribution in [0.15, 0.2) is 28.8 Å². The lowest BCUT2D eigenvalue weighted by atomic mass is 10.0. The molecule has 0 fully saturated rings. The van der Waals surface area contributed by atoms with Crippen LogP contribution in [0.5, 0.6) is 0 Å². The maximum absolute atomic E-state index is 8.64. The first kappa shape index (κ1) is 9.47. The summed E-state index contributed by atoms with van der Waals surface area (Å²) in [5.41, 5.74) is 3.62. The van der Waals surface area contributed by atoms with Crippen molar-refractivity contribution in [1.82, 2.24) is 5.16 Å². The van der Waals surface area contributed by atoms with Crippen LogP contribution in [-0.2, 0) is 0 Å². The summed E-state index contributed by atoms with van der Waals surface area (Å²) in [5.74, 6) is 0.643. The normalized spacial score (nSPS) is 9.93. The Morgan fingerprint density at radius 2 is 2.07 bits per heavy atom. The van der Waals surface area contributed by atoms with Gasteiger partial charge >= 0.3 is 0 Å². The van der Waals surface area contributed by atoms with Gasteiger partial charge in [-0.2, -0.15) is 5.26 Å². The van der Waals surface area contributed by atoms with Crippen molar-refractivity contribution in [3.63, 3.8) is 0 Å². The zero-order chi connectivity index (χ0) is 10.8. The number of nitriles is 1. The van der Waals surface area contributed by atoms with Crippen molar-refractivity contribution in [3.05, 3.63) is 41.1 Å². The number of hydrogen-bond donors (Lipinski definition) is 0. The van der Waals surface area contributed by atoms with Gasteiger partial charge in [0.2, 0.25) is 0 Å². The molecular weight excluding hydrogens is 188 g/mol. The molecule has 2 aromatic rings. The summed E-state index contributed by atoms with van der Waals surface area (Å²) in [6, 6.07) is 9.66. The Balaban J connectivity index is 2.50. The molecule has 0 aliphatic rings. The minimum absolute atomic E-state index is 0.310. The highest BCUT2D eigenvalue weighted by molar-refractivity contribution is 5.63. The van der Waals surface area contributed by atoms with Crippen LogP contribution in [0.2, 0.25) is 0 Å². The summed E-state index contributed by atoms with van der Waals surface area (Å²) in [7, 11) is 0. The van der Waals surface area contributed by atoms with Gasteiger partial charge in [0, 0.05) is 11.6 Å². The lowest BCUT2D eigenvalue weighted by Gasteiger charge is -2.01. The Kier molecular flexibility index (Phi) is 2.26. The van der Waals surface area contributed by atoms with Gasteiger partial charge < -0.3 is 4.52 Å². The SMILES string of the molecule is Cc1ccc(-c2cc(C#N)no2)c(C)c1. The average Bonchev–Trinajstić information content (AvgIpc) is 2.66. The molecule has 0 unspecified atom stereocenters. The molecule has 0 saturated heterocycles. The number of aryl methyl sites for hydroxylation is 2. The first-order chi connectivity index (χ1) is 7.20. The van der Waals surface area contributed by atoms with Crippen molar-refractivity contribution >= 4 is 0 Å². The van der Waals surface area contributed by atoms with Gasteiger partial charge in [0.25, 0.3) is 0 Å². The van der Waals surface area contributed by atoms with E-state index in [9.17, 15) is 0 Å². The van der Waals surface area contributed by atoms with Crippen molar-refractivity contribution in [3.8, 4) is 17.4 Å². The lowest BCUT2D eigenvalue weighted by Crippen LogP contribution is -1.82. The van der Waals surface area contributed by atoms with Crippen molar-refractivity contribution in [2.24, 2.45) is 0 Å². The van der Waals surface area contributed by atoms with Gasteiger partial charge in [-0.3, -0.25) is 0 Å². The number of hydrogen-bond acceptors (Lipinski definition) is 3. The Labute approximate surface area is 87.9 Å². The van der Waals surface area contributed by atoms with Gasteiger partial charge in [0.15, 0.2) is 11.5 Å². The molecule has 0 amide bonds. The molecular formula is C12H10N2O. The second-order valence-electron chi connectivity index (χ2n) is 3.51. The van der Waals surface area contributed by atoms with Gasteiger partial charge in [-0.1, -0.05) is 28.9 Å². The van der Waals surface area contributed by atoms with Crippen LogP contribution in [-0.4, -0.2) is 5.16 Å². The monoisotopic (exact) mass is 198 g/mol. The summed E-state index contributed by atoms with van der Waals surface area (Å²) >= 11 is 0. The Morgan fingerprint density at radius 3 is 2.67 bits per heavy atom. The van der Waals surface area contributed by atoms with E-state index in [0.717, 1.165) is 11.1 Å². The number of aromatic nitrogens is 1. The summed E-state index contributed by atoms with van der Waals surface area (Å²) in [6.07, 6.45) is 0. The second-order valence-corrected chi connectivity index (χ2v) is 3.51. The van der Waals surface area contributed by atoms with E-state index in [0.29, 0.717) is 11.5 Å². The summed E-state index contributed by atoms with van der Waals surface area (Å²) in [4.78, 5) is 0. The highest BCUT2D eigenvalue weighted by atomic mass is 16.5. The predicted octanol–water partition coefficient (Wildman–Crippen LogP) is 2.83. The van der Waals surface area contributed by atoms with E-state index in [1.165, 1.54) is 5.56 Å². The fraction of sp³-hybridized carbons (Fsp3) is 0.167. The summed E-state index contributed by atoms with van der Waals surface area (Å²) in [5, 5.41) is 12.3. The predicted molar refractivity (Wildman–Crippen MR) is 56.1 cm³/mol. The fourth-order valence-electron chi connectivity index (χ4n) is 1.54. The van der Waals surface area contributed by atoms with Crippen molar-refractivity contribution < 1.29 is 4.52 Å². The maximum atomic E-state index is 8.64. The molecule has 0 radical (unpaired) electrons. The molecule has 0 aliphatic heterocycles. The van der Waals surface area contributed by atoms with E-state index in [2.05, 4.69) is 11.2 Å². The highest BCUT2D eigenvalue weighted by Gasteiger charge is 2.08. The van der Waals surface area contributed by atoms with Crippen molar-refractivity contribution in [2.45, 2.75) is 13.8 Å². The molecule has 3 heteroatoms. The minimum Gasteiger partial charge on any atom is -0.355 e. The van der Waals surface area contributed by atoms with Crippen LogP contribution in [0.3, 0.4) is 0 Å². The number of rotatable bonds is 1. The molecule has 0 bridgehead atoms. The van der Waals surface area contributed by atoms with E-state index >= 15 is 0 Å². The van der Waals surface area contributed by atoms with Crippen LogP contribution in [0.25, 0.3) is 11.3 Å². The van der Waals surface area contributed by atoms with Gasteiger partial charge in [-0.05, 0) is 19.4 Å². The van der Waals surface area contributed by atoms with E-state index in [1.54, 1.807) is 6.07 Å². The van der Waals surface area contributed by atoms with Crippen LogP contribution in [0, 0.1) is 25.2 Å². The molecule has 74 valence electrons. The van der Waals surface area contributed by atoms with Gasteiger partial charge in [0.05, 0.1) is 0 Å². The molecule has 2 rings (SSSR count). The highest BCUT2D eigenvalue weighted by Crippen LogP contribution is 2.24. The third-order valence-electron chi connectivity index (χ3n) is 2.27. The first-order valence-corrected chi connectivity index (χ1v) is 4.65. The average molecular weight is 198 g/mol. The van der Waals surface area contributed by atoms with Crippen LogP contribution in [0.1, 0.15) is 16.8 Å². The molecule has 0 N–H and O–H groups in total. The minimum atomic E-state index is 0.310. The molecule has 0 spiro atoms. The smallest absolute Gasteiger partial charge is 0.184 e. The Hall–Kier alpha value is -2.08. The number of benzene rings is 1. The third kappa shape index (κ3) is 1.75. The molecule has 0 atom stereocenters. The Morgan fingerprint density at radius 1 is 1.27 bits per heavy atom. The molecule has 0 aliphatic carbocycles. The van der Waals surface area contributed by atoms with Gasteiger partial charge in [0.1, 0.15) is 6.07 Å². The molecule has 1 aromatic heterocycles.